The molecule has 3 rings (SSSR count). The van der Waals surface area contributed by atoms with Crippen molar-refractivity contribution in [3.8, 4) is 11.5 Å². The smallest absolute Gasteiger partial charge is 0.119 e. The summed E-state index contributed by atoms with van der Waals surface area (Å²) in [4.78, 5) is 0. The number of phenolic OH excluding ortho intramolecular Hbond substituents is 2. The number of hydrogen-bond acceptors (Lipinski definition) is 4. The zero-order valence-electron chi connectivity index (χ0n) is 14.3. The summed E-state index contributed by atoms with van der Waals surface area (Å²) >= 11 is 1.65. The lowest BCUT2D eigenvalue weighted by molar-refractivity contribution is 0.259. The number of para-hydroxylation sites is 2. The Morgan fingerprint density at radius 1 is 0.692 bits per heavy atom. The lowest BCUT2D eigenvalue weighted by Crippen LogP contribution is -2.13. The molecule has 0 aliphatic heterocycles. The van der Waals surface area contributed by atoms with Gasteiger partial charge in [0.25, 0.3) is 0 Å². The molecule has 2 atom stereocenters. The van der Waals surface area contributed by atoms with Gasteiger partial charge in [-0.15, -0.1) is 11.8 Å². The summed E-state index contributed by atoms with van der Waals surface area (Å²) in [5, 5.41) is 30.6. The number of thioether (sulfide) groups is 1. The summed E-state index contributed by atoms with van der Waals surface area (Å²) in [6.07, 6.45) is 0. The molecule has 3 aromatic rings. The zero-order chi connectivity index (χ0) is 18.4. The SMILES string of the molecule is OC[C@@H](c1ccccc1O)[C@@H](SCc1ccccc1)c1ccccc1O. The van der Waals surface area contributed by atoms with Gasteiger partial charge < -0.3 is 15.3 Å². The van der Waals surface area contributed by atoms with Crippen molar-refractivity contribution in [2.45, 2.75) is 16.9 Å². The van der Waals surface area contributed by atoms with E-state index < -0.39 is 0 Å². The summed E-state index contributed by atoms with van der Waals surface area (Å²) in [6.45, 7) is -0.127. The van der Waals surface area contributed by atoms with Gasteiger partial charge in [-0.3, -0.25) is 0 Å². The highest BCUT2D eigenvalue weighted by molar-refractivity contribution is 7.98. The minimum Gasteiger partial charge on any atom is -0.508 e. The quantitative estimate of drug-likeness (QED) is 0.559. The van der Waals surface area contributed by atoms with Crippen molar-refractivity contribution in [3.63, 3.8) is 0 Å². The van der Waals surface area contributed by atoms with Crippen LogP contribution >= 0.6 is 11.8 Å². The van der Waals surface area contributed by atoms with Crippen LogP contribution in [-0.2, 0) is 5.75 Å². The second-order valence-electron chi connectivity index (χ2n) is 6.12. The summed E-state index contributed by atoms with van der Waals surface area (Å²) in [5.74, 6) is 0.765. The first-order chi connectivity index (χ1) is 12.7. The molecule has 3 nitrogen and oxygen atoms in total. The number of aliphatic hydroxyl groups is 1. The fourth-order valence-electron chi connectivity index (χ4n) is 3.07. The van der Waals surface area contributed by atoms with Gasteiger partial charge in [-0.05, 0) is 17.7 Å². The van der Waals surface area contributed by atoms with E-state index in [-0.39, 0.29) is 29.3 Å². The second-order valence-corrected chi connectivity index (χ2v) is 7.25. The fourth-order valence-corrected chi connectivity index (χ4v) is 4.48. The third-order valence-electron chi connectivity index (χ3n) is 4.41. The number of phenols is 2. The van der Waals surface area contributed by atoms with E-state index in [2.05, 4.69) is 12.1 Å². The standard InChI is InChI=1S/C22H22O3S/c23-14-19(17-10-4-6-12-20(17)24)22(18-11-5-7-13-21(18)25)26-15-16-8-2-1-3-9-16/h1-13,19,22-25H,14-15H2/t19-,22-/m0/s1. The Labute approximate surface area is 158 Å². The predicted octanol–water partition coefficient (Wildman–Crippen LogP) is 4.85. The van der Waals surface area contributed by atoms with E-state index in [1.54, 1.807) is 36.0 Å². The van der Waals surface area contributed by atoms with Gasteiger partial charge in [0, 0.05) is 28.0 Å². The molecule has 3 N–H and O–H groups in total. The van der Waals surface area contributed by atoms with Gasteiger partial charge in [-0.2, -0.15) is 0 Å². The highest BCUT2D eigenvalue weighted by Crippen LogP contribution is 2.47. The van der Waals surface area contributed by atoms with Gasteiger partial charge in [0.2, 0.25) is 0 Å². The maximum atomic E-state index is 10.4. The average molecular weight is 366 g/mol. The van der Waals surface area contributed by atoms with Crippen LogP contribution in [0.1, 0.15) is 27.9 Å². The van der Waals surface area contributed by atoms with Crippen LogP contribution in [0.4, 0.5) is 0 Å². The van der Waals surface area contributed by atoms with Crippen molar-refractivity contribution in [2.75, 3.05) is 6.61 Å². The molecule has 0 fully saturated rings. The normalized spacial score (nSPS) is 13.3. The maximum absolute atomic E-state index is 10.4. The monoisotopic (exact) mass is 366 g/mol. The summed E-state index contributed by atoms with van der Waals surface area (Å²) in [6, 6.07) is 24.4. The molecule has 134 valence electrons. The number of aromatic hydroxyl groups is 2. The molecule has 0 saturated heterocycles. The third kappa shape index (κ3) is 4.21. The molecule has 0 unspecified atom stereocenters. The molecule has 0 aliphatic rings. The van der Waals surface area contributed by atoms with Gasteiger partial charge in [-0.1, -0.05) is 66.7 Å². The molecule has 0 saturated carbocycles. The van der Waals surface area contributed by atoms with Gasteiger partial charge in [-0.25, -0.2) is 0 Å². The van der Waals surface area contributed by atoms with E-state index >= 15 is 0 Å². The van der Waals surface area contributed by atoms with Crippen LogP contribution in [0.25, 0.3) is 0 Å². The van der Waals surface area contributed by atoms with Crippen molar-refractivity contribution in [2.24, 2.45) is 0 Å². The van der Waals surface area contributed by atoms with Crippen molar-refractivity contribution in [1.82, 2.24) is 0 Å². The summed E-state index contributed by atoms with van der Waals surface area (Å²) < 4.78 is 0. The highest BCUT2D eigenvalue weighted by Gasteiger charge is 2.28. The van der Waals surface area contributed by atoms with Gasteiger partial charge in [0.15, 0.2) is 0 Å². The molecule has 0 aliphatic carbocycles. The number of rotatable bonds is 7. The maximum Gasteiger partial charge on any atom is 0.119 e. The Hall–Kier alpha value is -2.43. The van der Waals surface area contributed by atoms with Crippen LogP contribution in [0.2, 0.25) is 0 Å². The number of benzene rings is 3. The first-order valence-electron chi connectivity index (χ1n) is 8.53. The molecule has 3 aromatic carbocycles. The third-order valence-corrected chi connectivity index (χ3v) is 5.86. The van der Waals surface area contributed by atoms with E-state index in [0.29, 0.717) is 5.56 Å². The van der Waals surface area contributed by atoms with Crippen molar-refractivity contribution in [1.29, 1.82) is 0 Å². The van der Waals surface area contributed by atoms with E-state index in [1.807, 2.05) is 42.5 Å². The topological polar surface area (TPSA) is 60.7 Å². The van der Waals surface area contributed by atoms with Crippen molar-refractivity contribution >= 4 is 11.8 Å². The average Bonchev–Trinajstić information content (AvgIpc) is 2.68. The molecule has 4 heteroatoms. The van der Waals surface area contributed by atoms with E-state index in [4.69, 9.17) is 0 Å². The first-order valence-corrected chi connectivity index (χ1v) is 9.57. The lowest BCUT2D eigenvalue weighted by Gasteiger charge is -2.27. The van der Waals surface area contributed by atoms with Crippen molar-refractivity contribution < 1.29 is 15.3 Å². The van der Waals surface area contributed by atoms with Gasteiger partial charge >= 0.3 is 0 Å². The second kappa shape index (κ2) is 8.79. The largest absolute Gasteiger partial charge is 0.508 e. The van der Waals surface area contributed by atoms with Gasteiger partial charge in [0.05, 0.1) is 6.61 Å². The van der Waals surface area contributed by atoms with Crippen LogP contribution in [-0.4, -0.2) is 21.9 Å². The fraction of sp³-hybridized carbons (Fsp3) is 0.182. The number of aliphatic hydroxyl groups excluding tert-OH is 1. The van der Waals surface area contributed by atoms with E-state index in [0.717, 1.165) is 11.3 Å². The molecular weight excluding hydrogens is 344 g/mol. The zero-order valence-corrected chi connectivity index (χ0v) is 15.1. The van der Waals surface area contributed by atoms with Gasteiger partial charge in [0.1, 0.15) is 11.5 Å². The molecule has 0 aromatic heterocycles. The van der Waals surface area contributed by atoms with E-state index in [1.165, 1.54) is 5.56 Å². The Balaban J connectivity index is 1.96. The summed E-state index contributed by atoms with van der Waals surface area (Å²) in [5.41, 5.74) is 2.62. The molecule has 0 amide bonds. The molecule has 0 bridgehead atoms. The van der Waals surface area contributed by atoms with Crippen LogP contribution < -0.4 is 0 Å². The summed E-state index contributed by atoms with van der Waals surface area (Å²) in [7, 11) is 0. The molecular formula is C22H22O3S. The molecule has 26 heavy (non-hydrogen) atoms. The highest BCUT2D eigenvalue weighted by atomic mass is 32.2. The van der Waals surface area contributed by atoms with Crippen LogP contribution in [0, 0.1) is 0 Å². The number of hydrogen-bond donors (Lipinski definition) is 3. The molecule has 0 spiro atoms. The Morgan fingerprint density at radius 2 is 1.23 bits per heavy atom. The minimum absolute atomic E-state index is 0.127. The van der Waals surface area contributed by atoms with E-state index in [9.17, 15) is 15.3 Å². The first kappa shape index (κ1) is 18.4. The molecule has 0 radical (unpaired) electrons. The Morgan fingerprint density at radius 3 is 1.81 bits per heavy atom. The van der Waals surface area contributed by atoms with Crippen LogP contribution in [0.3, 0.4) is 0 Å². The predicted molar refractivity (Wildman–Crippen MR) is 107 cm³/mol. The molecule has 0 heterocycles. The Kier molecular flexibility index (Phi) is 6.21. The minimum atomic E-state index is -0.335. The Bertz CT molecular complexity index is 836. The van der Waals surface area contributed by atoms with Crippen LogP contribution in [0.5, 0.6) is 11.5 Å². The van der Waals surface area contributed by atoms with Crippen molar-refractivity contribution in [3.05, 3.63) is 95.6 Å². The lowest BCUT2D eigenvalue weighted by atomic mass is 9.91. The van der Waals surface area contributed by atoms with Crippen LogP contribution in [0.15, 0.2) is 78.9 Å².